The number of nitrogens with two attached hydrogens (primary N) is 1. The first-order valence-corrected chi connectivity index (χ1v) is 7.31. The third-order valence-corrected chi connectivity index (χ3v) is 4.15. The molecule has 21 heavy (non-hydrogen) atoms. The Kier molecular flexibility index (Phi) is 2.65. The molecule has 0 amide bonds. The zero-order chi connectivity index (χ0) is 14.6. The minimum Gasteiger partial charge on any atom is -0.382 e. The smallest absolute Gasteiger partial charge is 0.152 e. The summed E-state index contributed by atoms with van der Waals surface area (Å²) in [5, 5.41) is 1.18. The molecule has 0 saturated carbocycles. The summed E-state index contributed by atoms with van der Waals surface area (Å²) in [5.41, 5.74) is 10.3. The predicted molar refractivity (Wildman–Crippen MR) is 83.2 cm³/mol. The molecule has 5 heteroatoms. The fourth-order valence-electron chi connectivity index (χ4n) is 3.17. The standard InChI is InChI=1S/C16H18N4O/c1-9(2)10-4-3-5-11-13(10)15-14(16(17)18-11)19-12-8-21-7-6-20(12)15/h3-5,9H,6-8H2,1-2H3,(H2,17,18). The maximum atomic E-state index is 6.13. The monoisotopic (exact) mass is 282 g/mol. The second kappa shape index (κ2) is 4.43. The summed E-state index contributed by atoms with van der Waals surface area (Å²) in [7, 11) is 0. The van der Waals surface area contributed by atoms with Crippen LogP contribution in [0.15, 0.2) is 18.2 Å². The second-order valence-corrected chi connectivity index (χ2v) is 5.82. The Morgan fingerprint density at radius 1 is 1.29 bits per heavy atom. The molecule has 0 spiro atoms. The van der Waals surface area contributed by atoms with Crippen LogP contribution in [0, 0.1) is 0 Å². The number of rotatable bonds is 1. The number of benzene rings is 1. The van der Waals surface area contributed by atoms with Gasteiger partial charge in [0.15, 0.2) is 5.82 Å². The first kappa shape index (κ1) is 12.6. The summed E-state index contributed by atoms with van der Waals surface area (Å²) in [6, 6.07) is 6.24. The average molecular weight is 282 g/mol. The number of nitrogens with zero attached hydrogens (tertiary/aromatic N) is 3. The maximum absolute atomic E-state index is 6.13. The van der Waals surface area contributed by atoms with Gasteiger partial charge < -0.3 is 15.0 Å². The number of hydrogen-bond acceptors (Lipinski definition) is 4. The first-order chi connectivity index (χ1) is 10.2. The van der Waals surface area contributed by atoms with Crippen molar-refractivity contribution in [2.75, 3.05) is 12.3 Å². The Bertz CT molecular complexity index is 850. The van der Waals surface area contributed by atoms with Gasteiger partial charge in [-0.2, -0.15) is 0 Å². The van der Waals surface area contributed by atoms with Crippen molar-refractivity contribution in [2.24, 2.45) is 0 Å². The van der Waals surface area contributed by atoms with Crippen molar-refractivity contribution in [3.05, 3.63) is 29.6 Å². The van der Waals surface area contributed by atoms with Crippen molar-refractivity contribution in [1.29, 1.82) is 0 Å². The molecule has 0 fully saturated rings. The van der Waals surface area contributed by atoms with Crippen molar-refractivity contribution < 1.29 is 4.74 Å². The molecule has 0 saturated heterocycles. The van der Waals surface area contributed by atoms with Crippen LogP contribution in [0.5, 0.6) is 0 Å². The van der Waals surface area contributed by atoms with E-state index in [9.17, 15) is 0 Å². The van der Waals surface area contributed by atoms with E-state index in [4.69, 9.17) is 10.5 Å². The number of fused-ring (bicyclic) bond motifs is 5. The van der Waals surface area contributed by atoms with Crippen LogP contribution in [0.1, 0.15) is 31.2 Å². The summed E-state index contributed by atoms with van der Waals surface area (Å²) in [4.78, 5) is 9.21. The fraction of sp³-hybridized carbons (Fsp3) is 0.375. The molecular weight excluding hydrogens is 264 g/mol. The predicted octanol–water partition coefficient (Wildman–Crippen LogP) is 2.82. The lowest BCUT2D eigenvalue weighted by atomic mass is 9.97. The van der Waals surface area contributed by atoms with E-state index in [1.165, 1.54) is 10.9 Å². The number of ether oxygens (including phenoxy) is 1. The molecule has 108 valence electrons. The number of pyridine rings is 1. The number of nitrogen functional groups attached to an aromatic ring is 1. The molecule has 3 heterocycles. The lowest BCUT2D eigenvalue weighted by Gasteiger charge is -2.17. The first-order valence-electron chi connectivity index (χ1n) is 7.31. The molecule has 2 N–H and O–H groups in total. The minimum absolute atomic E-state index is 0.424. The SMILES string of the molecule is CC(C)c1cccc2nc(N)c3nc4n(c3c12)CCOC4. The van der Waals surface area contributed by atoms with E-state index in [0.717, 1.165) is 28.9 Å². The molecule has 0 unspecified atom stereocenters. The molecule has 0 aliphatic carbocycles. The quantitative estimate of drug-likeness (QED) is 0.745. The van der Waals surface area contributed by atoms with Gasteiger partial charge in [-0.05, 0) is 17.5 Å². The highest BCUT2D eigenvalue weighted by Crippen LogP contribution is 2.34. The van der Waals surface area contributed by atoms with E-state index in [1.54, 1.807) is 0 Å². The van der Waals surface area contributed by atoms with Crippen molar-refractivity contribution in [3.8, 4) is 0 Å². The van der Waals surface area contributed by atoms with Crippen LogP contribution < -0.4 is 5.73 Å². The molecule has 0 bridgehead atoms. The molecule has 0 radical (unpaired) electrons. The summed E-state index contributed by atoms with van der Waals surface area (Å²) >= 11 is 0. The van der Waals surface area contributed by atoms with E-state index in [-0.39, 0.29) is 0 Å². The highest BCUT2D eigenvalue weighted by atomic mass is 16.5. The lowest BCUT2D eigenvalue weighted by Crippen LogP contribution is -2.16. The molecule has 1 aromatic carbocycles. The highest BCUT2D eigenvalue weighted by Gasteiger charge is 2.21. The fourth-order valence-corrected chi connectivity index (χ4v) is 3.17. The summed E-state index contributed by atoms with van der Waals surface area (Å²) in [5.74, 6) is 1.87. The Hall–Kier alpha value is -2.14. The van der Waals surface area contributed by atoms with Crippen LogP contribution in [0.4, 0.5) is 5.82 Å². The molecular formula is C16H18N4O. The average Bonchev–Trinajstić information content (AvgIpc) is 2.87. The highest BCUT2D eigenvalue weighted by molar-refractivity contribution is 6.08. The molecule has 2 aromatic heterocycles. The summed E-state index contributed by atoms with van der Waals surface area (Å²) in [6.45, 7) is 6.48. The van der Waals surface area contributed by atoms with Crippen LogP contribution in [-0.2, 0) is 17.9 Å². The van der Waals surface area contributed by atoms with Gasteiger partial charge in [0.25, 0.3) is 0 Å². The normalized spacial score (nSPS) is 15.0. The zero-order valence-electron chi connectivity index (χ0n) is 12.3. The van der Waals surface area contributed by atoms with Crippen LogP contribution in [0.2, 0.25) is 0 Å². The van der Waals surface area contributed by atoms with Gasteiger partial charge in [-0.25, -0.2) is 9.97 Å². The van der Waals surface area contributed by atoms with Gasteiger partial charge in [-0.3, -0.25) is 0 Å². The topological polar surface area (TPSA) is 66.0 Å². The van der Waals surface area contributed by atoms with E-state index < -0.39 is 0 Å². The van der Waals surface area contributed by atoms with Crippen LogP contribution >= 0.6 is 0 Å². The van der Waals surface area contributed by atoms with Crippen LogP contribution in [0.25, 0.3) is 21.9 Å². The van der Waals surface area contributed by atoms with Crippen LogP contribution in [-0.4, -0.2) is 21.1 Å². The minimum atomic E-state index is 0.424. The largest absolute Gasteiger partial charge is 0.382 e. The van der Waals surface area contributed by atoms with Crippen molar-refractivity contribution in [2.45, 2.75) is 32.9 Å². The van der Waals surface area contributed by atoms with Gasteiger partial charge in [-0.1, -0.05) is 26.0 Å². The lowest BCUT2D eigenvalue weighted by molar-refractivity contribution is 0.0831. The Labute approximate surface area is 122 Å². The molecule has 1 aliphatic heterocycles. The maximum Gasteiger partial charge on any atom is 0.152 e. The molecule has 3 aromatic rings. The van der Waals surface area contributed by atoms with Crippen molar-refractivity contribution in [1.82, 2.24) is 14.5 Å². The van der Waals surface area contributed by atoms with E-state index in [0.29, 0.717) is 24.9 Å². The van der Waals surface area contributed by atoms with E-state index in [1.807, 2.05) is 12.1 Å². The van der Waals surface area contributed by atoms with E-state index >= 15 is 0 Å². The molecule has 1 aliphatic rings. The zero-order valence-corrected chi connectivity index (χ0v) is 12.3. The summed E-state index contributed by atoms with van der Waals surface area (Å²) in [6.07, 6.45) is 0. The number of anilines is 1. The van der Waals surface area contributed by atoms with Gasteiger partial charge in [0.1, 0.15) is 17.9 Å². The van der Waals surface area contributed by atoms with Gasteiger partial charge in [0, 0.05) is 11.9 Å². The van der Waals surface area contributed by atoms with Gasteiger partial charge >= 0.3 is 0 Å². The molecule has 0 atom stereocenters. The third kappa shape index (κ3) is 1.74. The Morgan fingerprint density at radius 3 is 2.95 bits per heavy atom. The van der Waals surface area contributed by atoms with Gasteiger partial charge in [-0.15, -0.1) is 0 Å². The number of aromatic nitrogens is 3. The van der Waals surface area contributed by atoms with Gasteiger partial charge in [0.05, 0.1) is 17.6 Å². The number of imidazole rings is 1. The van der Waals surface area contributed by atoms with Crippen LogP contribution in [0.3, 0.4) is 0 Å². The van der Waals surface area contributed by atoms with E-state index in [2.05, 4.69) is 34.4 Å². The molecule has 4 rings (SSSR count). The molecule has 5 nitrogen and oxygen atoms in total. The summed E-state index contributed by atoms with van der Waals surface area (Å²) < 4.78 is 7.75. The van der Waals surface area contributed by atoms with Crippen molar-refractivity contribution in [3.63, 3.8) is 0 Å². The Morgan fingerprint density at radius 2 is 2.14 bits per heavy atom. The third-order valence-electron chi connectivity index (χ3n) is 4.15. The van der Waals surface area contributed by atoms with Crippen molar-refractivity contribution >= 4 is 27.8 Å². The van der Waals surface area contributed by atoms with Gasteiger partial charge in [0.2, 0.25) is 0 Å². The number of hydrogen-bond donors (Lipinski definition) is 1. The second-order valence-electron chi connectivity index (χ2n) is 5.82. The Balaban J connectivity index is 2.23.